The average Bonchev–Trinajstić information content (AvgIpc) is 3.39. The third kappa shape index (κ3) is 4.16. The monoisotopic (exact) mass is 317 g/mol. The molecule has 3 N–H and O–H groups in total. The number of amides is 2. The summed E-state index contributed by atoms with van der Waals surface area (Å²) in [6.45, 7) is 2.72. The summed E-state index contributed by atoms with van der Waals surface area (Å²) in [5, 5.41) is 3.11. The maximum absolute atomic E-state index is 12.4. The third-order valence-electron chi connectivity index (χ3n) is 5.02. The van der Waals surface area contributed by atoms with Gasteiger partial charge in [0.2, 0.25) is 0 Å². The molecule has 2 aliphatic rings. The molecular formula is C18H27N3O2. The number of para-hydroxylation sites is 1. The predicted molar refractivity (Wildman–Crippen MR) is 90.4 cm³/mol. The molecule has 3 rings (SSSR count). The molecule has 5 heteroatoms. The van der Waals surface area contributed by atoms with Crippen molar-refractivity contribution < 1.29 is 9.53 Å². The van der Waals surface area contributed by atoms with E-state index in [9.17, 15) is 4.79 Å². The molecule has 126 valence electrons. The second kappa shape index (κ2) is 7.21. The van der Waals surface area contributed by atoms with E-state index in [1.807, 2.05) is 35.2 Å². The molecule has 1 aliphatic heterocycles. The molecule has 1 saturated carbocycles. The van der Waals surface area contributed by atoms with Crippen molar-refractivity contribution in [2.75, 3.05) is 26.2 Å². The highest BCUT2D eigenvalue weighted by Crippen LogP contribution is 2.45. The van der Waals surface area contributed by atoms with E-state index in [0.717, 1.165) is 38.0 Å². The second-order valence-corrected chi connectivity index (χ2v) is 6.84. The van der Waals surface area contributed by atoms with E-state index in [-0.39, 0.29) is 17.5 Å². The lowest BCUT2D eigenvalue weighted by molar-refractivity contribution is 0.149. The normalized spacial score (nSPS) is 22.5. The lowest BCUT2D eigenvalue weighted by atomic mass is 10.0. The number of ether oxygens (including phenoxy) is 1. The van der Waals surface area contributed by atoms with Crippen LogP contribution in [0.2, 0.25) is 0 Å². The first kappa shape index (κ1) is 16.1. The number of benzene rings is 1. The fourth-order valence-electron chi connectivity index (χ4n) is 3.18. The minimum atomic E-state index is 0.0335. The largest absolute Gasteiger partial charge is 0.493 e. The molecule has 1 aromatic rings. The number of rotatable bonds is 6. The number of nitrogens with zero attached hydrogens (tertiary/aromatic N) is 1. The summed E-state index contributed by atoms with van der Waals surface area (Å²) in [7, 11) is 0. The Morgan fingerprint density at radius 2 is 2.09 bits per heavy atom. The zero-order valence-electron chi connectivity index (χ0n) is 13.7. The van der Waals surface area contributed by atoms with Crippen molar-refractivity contribution in [1.82, 2.24) is 10.2 Å². The summed E-state index contributed by atoms with van der Waals surface area (Å²) in [6, 6.07) is 10.1. The number of nitrogens with two attached hydrogens (primary N) is 1. The summed E-state index contributed by atoms with van der Waals surface area (Å²) >= 11 is 0. The number of urea groups is 1. The minimum Gasteiger partial charge on any atom is -0.493 e. The van der Waals surface area contributed by atoms with Gasteiger partial charge in [-0.3, -0.25) is 0 Å². The third-order valence-corrected chi connectivity index (χ3v) is 5.02. The van der Waals surface area contributed by atoms with Gasteiger partial charge in [-0.15, -0.1) is 0 Å². The standard InChI is InChI=1S/C18H27N3O2/c19-12-15-6-4-5-11-21(15)17(22)20-13-18(9-10-18)14-23-16-7-2-1-3-8-16/h1-3,7-8,15H,4-6,9-14,19H2,(H,20,22). The predicted octanol–water partition coefficient (Wildman–Crippen LogP) is 2.37. The highest BCUT2D eigenvalue weighted by atomic mass is 16.5. The van der Waals surface area contributed by atoms with E-state index in [0.29, 0.717) is 19.7 Å². The fourth-order valence-corrected chi connectivity index (χ4v) is 3.18. The molecule has 1 saturated heterocycles. The molecule has 1 atom stereocenters. The van der Waals surface area contributed by atoms with Gasteiger partial charge in [0.25, 0.3) is 0 Å². The average molecular weight is 317 g/mol. The maximum atomic E-state index is 12.4. The van der Waals surface area contributed by atoms with Crippen molar-refractivity contribution in [3.63, 3.8) is 0 Å². The van der Waals surface area contributed by atoms with Crippen LogP contribution in [0.15, 0.2) is 30.3 Å². The van der Waals surface area contributed by atoms with Crippen molar-refractivity contribution in [2.45, 2.75) is 38.1 Å². The SMILES string of the molecule is NCC1CCCCN1C(=O)NCC1(COc2ccccc2)CC1. The molecular weight excluding hydrogens is 290 g/mol. The summed E-state index contributed by atoms with van der Waals surface area (Å²) in [5.41, 5.74) is 5.91. The van der Waals surface area contributed by atoms with Gasteiger partial charge in [-0.25, -0.2) is 4.79 Å². The molecule has 2 fully saturated rings. The minimum absolute atomic E-state index is 0.0335. The van der Waals surface area contributed by atoms with Crippen LogP contribution in [0.1, 0.15) is 32.1 Å². The summed E-state index contributed by atoms with van der Waals surface area (Å²) in [4.78, 5) is 14.3. The zero-order chi connectivity index (χ0) is 16.1. The van der Waals surface area contributed by atoms with Gasteiger partial charge in [-0.2, -0.15) is 0 Å². The lowest BCUT2D eigenvalue weighted by Gasteiger charge is -2.35. The van der Waals surface area contributed by atoms with Gasteiger partial charge in [-0.1, -0.05) is 18.2 Å². The van der Waals surface area contributed by atoms with Crippen LogP contribution in [0.5, 0.6) is 5.75 Å². The number of hydrogen-bond acceptors (Lipinski definition) is 3. The van der Waals surface area contributed by atoms with Gasteiger partial charge in [-0.05, 0) is 44.2 Å². The Kier molecular flexibility index (Phi) is 5.06. The number of carbonyl (C=O) groups excluding carboxylic acids is 1. The summed E-state index contributed by atoms with van der Waals surface area (Å²) < 4.78 is 5.87. The van der Waals surface area contributed by atoms with Gasteiger partial charge < -0.3 is 20.7 Å². The molecule has 23 heavy (non-hydrogen) atoms. The van der Waals surface area contributed by atoms with E-state index < -0.39 is 0 Å². The Balaban J connectivity index is 1.46. The number of nitrogens with one attached hydrogen (secondary N) is 1. The molecule has 5 nitrogen and oxygen atoms in total. The fraction of sp³-hybridized carbons (Fsp3) is 0.611. The highest BCUT2D eigenvalue weighted by molar-refractivity contribution is 5.74. The molecule has 0 radical (unpaired) electrons. The van der Waals surface area contributed by atoms with E-state index in [1.54, 1.807) is 0 Å². The molecule has 1 aliphatic carbocycles. The Morgan fingerprint density at radius 1 is 1.30 bits per heavy atom. The van der Waals surface area contributed by atoms with Gasteiger partial charge in [0.1, 0.15) is 5.75 Å². The van der Waals surface area contributed by atoms with Gasteiger partial charge in [0.05, 0.1) is 6.61 Å². The van der Waals surface area contributed by atoms with E-state index in [4.69, 9.17) is 10.5 Å². The molecule has 1 unspecified atom stereocenters. The number of carbonyl (C=O) groups is 1. The molecule has 1 heterocycles. The Labute approximate surface area is 138 Å². The second-order valence-electron chi connectivity index (χ2n) is 6.84. The quantitative estimate of drug-likeness (QED) is 0.846. The first-order valence-corrected chi connectivity index (χ1v) is 8.65. The van der Waals surface area contributed by atoms with E-state index >= 15 is 0 Å². The Hall–Kier alpha value is -1.75. The van der Waals surface area contributed by atoms with Crippen LogP contribution in [-0.2, 0) is 0 Å². The topological polar surface area (TPSA) is 67.6 Å². The first-order chi connectivity index (χ1) is 11.2. The maximum Gasteiger partial charge on any atom is 0.317 e. The molecule has 1 aromatic carbocycles. The number of piperidine rings is 1. The van der Waals surface area contributed by atoms with Gasteiger partial charge >= 0.3 is 6.03 Å². The first-order valence-electron chi connectivity index (χ1n) is 8.65. The Morgan fingerprint density at radius 3 is 2.78 bits per heavy atom. The van der Waals surface area contributed by atoms with Crippen molar-refractivity contribution in [1.29, 1.82) is 0 Å². The van der Waals surface area contributed by atoms with Crippen molar-refractivity contribution in [2.24, 2.45) is 11.1 Å². The van der Waals surface area contributed by atoms with Crippen LogP contribution in [0.25, 0.3) is 0 Å². The van der Waals surface area contributed by atoms with Gasteiger partial charge in [0.15, 0.2) is 0 Å². The van der Waals surface area contributed by atoms with Crippen molar-refractivity contribution >= 4 is 6.03 Å². The zero-order valence-corrected chi connectivity index (χ0v) is 13.7. The van der Waals surface area contributed by atoms with Crippen LogP contribution < -0.4 is 15.8 Å². The van der Waals surface area contributed by atoms with E-state index in [2.05, 4.69) is 5.32 Å². The Bertz CT molecular complexity index is 516. The summed E-state index contributed by atoms with van der Waals surface area (Å²) in [5.74, 6) is 0.893. The van der Waals surface area contributed by atoms with Crippen LogP contribution in [0.4, 0.5) is 4.79 Å². The van der Waals surface area contributed by atoms with Crippen LogP contribution in [0, 0.1) is 5.41 Å². The molecule has 0 aromatic heterocycles. The smallest absolute Gasteiger partial charge is 0.317 e. The van der Waals surface area contributed by atoms with Crippen LogP contribution in [0.3, 0.4) is 0 Å². The van der Waals surface area contributed by atoms with Crippen molar-refractivity contribution in [3.05, 3.63) is 30.3 Å². The molecule has 0 spiro atoms. The summed E-state index contributed by atoms with van der Waals surface area (Å²) in [6.07, 6.45) is 5.49. The molecule has 2 amide bonds. The van der Waals surface area contributed by atoms with Gasteiger partial charge in [0, 0.05) is 31.1 Å². The highest BCUT2D eigenvalue weighted by Gasteiger charge is 2.44. The van der Waals surface area contributed by atoms with Crippen molar-refractivity contribution in [3.8, 4) is 5.75 Å². The number of likely N-dealkylation sites (tertiary alicyclic amines) is 1. The number of hydrogen-bond donors (Lipinski definition) is 2. The van der Waals surface area contributed by atoms with E-state index in [1.165, 1.54) is 6.42 Å². The van der Waals surface area contributed by atoms with Crippen LogP contribution >= 0.6 is 0 Å². The molecule has 0 bridgehead atoms. The van der Waals surface area contributed by atoms with Crippen LogP contribution in [-0.4, -0.2) is 43.2 Å². The lowest BCUT2D eigenvalue weighted by Crippen LogP contribution is -2.52.